The highest BCUT2D eigenvalue weighted by Crippen LogP contribution is 2.21. The van der Waals surface area contributed by atoms with Gasteiger partial charge in [0.15, 0.2) is 0 Å². The van der Waals surface area contributed by atoms with E-state index in [4.69, 9.17) is 4.74 Å². The number of nitrogens with one attached hydrogen (secondary N) is 2. The zero-order valence-corrected chi connectivity index (χ0v) is 12.0. The second-order valence-corrected chi connectivity index (χ2v) is 5.15. The molecule has 2 N–H and O–H groups in total. The Labute approximate surface area is 118 Å². The molecule has 1 aliphatic heterocycles. The number of benzene rings is 1. The van der Waals surface area contributed by atoms with E-state index in [1.165, 1.54) is 7.11 Å². The summed E-state index contributed by atoms with van der Waals surface area (Å²) >= 11 is 0. The lowest BCUT2D eigenvalue weighted by Gasteiger charge is -2.16. The first-order chi connectivity index (χ1) is 9.52. The Morgan fingerprint density at radius 2 is 2.15 bits per heavy atom. The van der Waals surface area contributed by atoms with Crippen LogP contribution in [0.5, 0.6) is 0 Å². The summed E-state index contributed by atoms with van der Waals surface area (Å²) in [6.45, 7) is 4.77. The molecule has 5 nitrogen and oxygen atoms in total. The molecule has 0 aromatic heterocycles. The van der Waals surface area contributed by atoms with E-state index >= 15 is 0 Å². The molecular formula is C15H20N2O3. The van der Waals surface area contributed by atoms with Gasteiger partial charge in [0.05, 0.1) is 18.6 Å². The van der Waals surface area contributed by atoms with Crippen molar-refractivity contribution in [2.45, 2.75) is 26.3 Å². The normalized spacial score (nSPS) is 21.6. The third-order valence-electron chi connectivity index (χ3n) is 3.78. The molecule has 0 bridgehead atoms. The first-order valence-corrected chi connectivity index (χ1v) is 6.76. The lowest BCUT2D eigenvalue weighted by Crippen LogP contribution is -2.32. The van der Waals surface area contributed by atoms with Gasteiger partial charge < -0.3 is 15.4 Å². The van der Waals surface area contributed by atoms with Crippen molar-refractivity contribution >= 4 is 17.6 Å². The molecule has 0 aliphatic carbocycles. The number of rotatable bonds is 3. The van der Waals surface area contributed by atoms with E-state index in [1.54, 1.807) is 18.2 Å². The lowest BCUT2D eigenvalue weighted by molar-refractivity contribution is -0.120. The van der Waals surface area contributed by atoms with E-state index in [9.17, 15) is 9.59 Å². The maximum Gasteiger partial charge on any atom is 0.337 e. The summed E-state index contributed by atoms with van der Waals surface area (Å²) in [4.78, 5) is 23.8. The first kappa shape index (κ1) is 14.5. The molecule has 2 unspecified atom stereocenters. The molecule has 1 aliphatic rings. The minimum absolute atomic E-state index is 0.00684. The fraction of sp³-hybridized carbons (Fsp3) is 0.467. The SMILES string of the molecule is COC(=O)c1ccc(C)c(NC(=O)C2CCNC2C)c1. The Balaban J connectivity index is 2.16. The molecule has 0 spiro atoms. The topological polar surface area (TPSA) is 67.4 Å². The van der Waals surface area contributed by atoms with E-state index in [2.05, 4.69) is 10.6 Å². The van der Waals surface area contributed by atoms with Gasteiger partial charge in [0.2, 0.25) is 5.91 Å². The maximum atomic E-state index is 12.3. The number of ether oxygens (including phenoxy) is 1. The van der Waals surface area contributed by atoms with E-state index in [1.807, 2.05) is 13.8 Å². The number of amides is 1. The van der Waals surface area contributed by atoms with Crippen LogP contribution in [0.25, 0.3) is 0 Å². The van der Waals surface area contributed by atoms with Crippen molar-refractivity contribution in [2.24, 2.45) is 5.92 Å². The predicted molar refractivity (Wildman–Crippen MR) is 76.7 cm³/mol. The van der Waals surface area contributed by atoms with Crippen LogP contribution in [0, 0.1) is 12.8 Å². The van der Waals surface area contributed by atoms with Crippen LogP contribution in [0.1, 0.15) is 29.3 Å². The van der Waals surface area contributed by atoms with Crippen molar-refractivity contribution in [1.82, 2.24) is 5.32 Å². The minimum atomic E-state index is -0.406. The fourth-order valence-corrected chi connectivity index (χ4v) is 2.44. The molecular weight excluding hydrogens is 256 g/mol. The standard InChI is InChI=1S/C15H20N2O3/c1-9-4-5-11(15(19)20-3)8-13(9)17-14(18)12-6-7-16-10(12)2/h4-5,8,10,12,16H,6-7H2,1-3H3,(H,17,18). The third-order valence-corrected chi connectivity index (χ3v) is 3.78. The smallest absolute Gasteiger partial charge is 0.337 e. The number of carbonyl (C=O) groups excluding carboxylic acids is 2. The molecule has 108 valence electrons. The van der Waals surface area contributed by atoms with Crippen LogP contribution in [0.2, 0.25) is 0 Å². The van der Waals surface area contributed by atoms with Gasteiger partial charge in [0.25, 0.3) is 0 Å². The Morgan fingerprint density at radius 3 is 2.75 bits per heavy atom. The van der Waals surface area contributed by atoms with Crippen molar-refractivity contribution in [3.63, 3.8) is 0 Å². The minimum Gasteiger partial charge on any atom is -0.465 e. The van der Waals surface area contributed by atoms with E-state index < -0.39 is 5.97 Å². The molecule has 1 fully saturated rings. The van der Waals surface area contributed by atoms with Crippen LogP contribution in [-0.2, 0) is 9.53 Å². The Bertz CT molecular complexity index is 528. The summed E-state index contributed by atoms with van der Waals surface area (Å²) in [5.74, 6) is -0.444. The summed E-state index contributed by atoms with van der Waals surface area (Å²) in [5, 5.41) is 6.17. The fourth-order valence-electron chi connectivity index (χ4n) is 2.44. The highest BCUT2D eigenvalue weighted by Gasteiger charge is 2.29. The number of hydrogen-bond acceptors (Lipinski definition) is 4. The number of methoxy groups -OCH3 is 1. The maximum absolute atomic E-state index is 12.3. The number of carbonyl (C=O) groups is 2. The summed E-state index contributed by atoms with van der Waals surface area (Å²) in [6.07, 6.45) is 0.836. The van der Waals surface area contributed by atoms with E-state index in [0.717, 1.165) is 18.5 Å². The average Bonchev–Trinajstić information content (AvgIpc) is 2.86. The van der Waals surface area contributed by atoms with Gasteiger partial charge in [-0.1, -0.05) is 6.07 Å². The monoisotopic (exact) mass is 276 g/mol. The predicted octanol–water partition coefficient (Wildman–Crippen LogP) is 1.72. The highest BCUT2D eigenvalue weighted by molar-refractivity contribution is 5.96. The first-order valence-electron chi connectivity index (χ1n) is 6.76. The molecule has 1 amide bonds. The molecule has 1 aromatic carbocycles. The quantitative estimate of drug-likeness (QED) is 0.825. The number of hydrogen-bond donors (Lipinski definition) is 2. The largest absolute Gasteiger partial charge is 0.465 e. The lowest BCUT2D eigenvalue weighted by atomic mass is 10.0. The van der Waals surface area contributed by atoms with Gasteiger partial charge >= 0.3 is 5.97 Å². The van der Waals surface area contributed by atoms with E-state index in [0.29, 0.717) is 11.3 Å². The van der Waals surface area contributed by atoms with Crippen LogP contribution in [-0.4, -0.2) is 31.6 Å². The Morgan fingerprint density at radius 1 is 1.40 bits per heavy atom. The molecule has 2 rings (SSSR count). The van der Waals surface area contributed by atoms with Crippen molar-refractivity contribution in [3.05, 3.63) is 29.3 Å². The van der Waals surface area contributed by atoms with Crippen molar-refractivity contribution in [2.75, 3.05) is 19.0 Å². The molecule has 1 heterocycles. The molecule has 2 atom stereocenters. The summed E-state index contributed by atoms with van der Waals surface area (Å²) in [5.41, 5.74) is 2.02. The van der Waals surface area contributed by atoms with Crippen LogP contribution in [0.4, 0.5) is 5.69 Å². The van der Waals surface area contributed by atoms with Crippen LogP contribution in [0.3, 0.4) is 0 Å². The zero-order chi connectivity index (χ0) is 14.7. The summed E-state index contributed by atoms with van der Waals surface area (Å²) in [7, 11) is 1.34. The third kappa shape index (κ3) is 2.99. The molecule has 0 saturated carbocycles. The second kappa shape index (κ2) is 6.05. The van der Waals surface area contributed by atoms with E-state index in [-0.39, 0.29) is 17.9 Å². The molecule has 1 aromatic rings. The average molecular weight is 276 g/mol. The molecule has 0 radical (unpaired) electrons. The molecule has 1 saturated heterocycles. The van der Waals surface area contributed by atoms with Crippen molar-refractivity contribution < 1.29 is 14.3 Å². The van der Waals surface area contributed by atoms with Crippen LogP contribution in [0.15, 0.2) is 18.2 Å². The van der Waals surface area contributed by atoms with Gasteiger partial charge in [-0.15, -0.1) is 0 Å². The number of aryl methyl sites for hydroxylation is 1. The summed E-state index contributed by atoms with van der Waals surface area (Å²) in [6, 6.07) is 5.33. The van der Waals surface area contributed by atoms with Gasteiger partial charge in [-0.25, -0.2) is 4.79 Å². The van der Waals surface area contributed by atoms with Gasteiger partial charge in [-0.3, -0.25) is 4.79 Å². The number of esters is 1. The summed E-state index contributed by atoms with van der Waals surface area (Å²) < 4.78 is 4.69. The van der Waals surface area contributed by atoms with Gasteiger partial charge in [-0.05, 0) is 44.5 Å². The van der Waals surface area contributed by atoms with Gasteiger partial charge in [0.1, 0.15) is 0 Å². The second-order valence-electron chi connectivity index (χ2n) is 5.15. The highest BCUT2D eigenvalue weighted by atomic mass is 16.5. The zero-order valence-electron chi connectivity index (χ0n) is 12.0. The number of anilines is 1. The van der Waals surface area contributed by atoms with Crippen LogP contribution >= 0.6 is 0 Å². The van der Waals surface area contributed by atoms with Crippen LogP contribution < -0.4 is 10.6 Å². The molecule has 5 heteroatoms. The Hall–Kier alpha value is -1.88. The molecule has 20 heavy (non-hydrogen) atoms. The van der Waals surface area contributed by atoms with Gasteiger partial charge in [0, 0.05) is 11.7 Å². The van der Waals surface area contributed by atoms with Crippen molar-refractivity contribution in [3.8, 4) is 0 Å². The van der Waals surface area contributed by atoms with Gasteiger partial charge in [-0.2, -0.15) is 0 Å². The van der Waals surface area contributed by atoms with Crippen molar-refractivity contribution in [1.29, 1.82) is 0 Å². The Kier molecular flexibility index (Phi) is 4.39.